The summed E-state index contributed by atoms with van der Waals surface area (Å²) in [5.74, 6) is -0.168. The van der Waals surface area contributed by atoms with E-state index in [1.165, 1.54) is 4.31 Å². The average molecular weight is 232 g/mol. The van der Waals surface area contributed by atoms with E-state index in [1.54, 1.807) is 0 Å². The third-order valence-corrected chi connectivity index (χ3v) is 5.21. The van der Waals surface area contributed by atoms with Crippen molar-refractivity contribution in [3.63, 3.8) is 0 Å². The number of rotatable bonds is 4. The van der Waals surface area contributed by atoms with E-state index in [4.69, 9.17) is 0 Å². The zero-order chi connectivity index (χ0) is 11.1. The van der Waals surface area contributed by atoms with Crippen LogP contribution in [0.15, 0.2) is 0 Å². The van der Waals surface area contributed by atoms with E-state index in [1.807, 2.05) is 6.92 Å². The predicted octanol–water partition coefficient (Wildman–Crippen LogP) is -0.453. The van der Waals surface area contributed by atoms with Crippen LogP contribution in [0.25, 0.3) is 0 Å². The smallest absolute Gasteiger partial charge is 0.225 e. The Kier molecular flexibility index (Phi) is 2.72. The zero-order valence-corrected chi connectivity index (χ0v) is 9.59. The quantitative estimate of drug-likeness (QED) is 0.713. The summed E-state index contributed by atoms with van der Waals surface area (Å²) in [5, 5.41) is 2.54. The van der Waals surface area contributed by atoms with Crippen molar-refractivity contribution in [1.29, 1.82) is 0 Å². The van der Waals surface area contributed by atoms with Crippen LogP contribution in [0.2, 0.25) is 0 Å². The lowest BCUT2D eigenvalue weighted by atomic mass is 10.0. The highest BCUT2D eigenvalue weighted by Crippen LogP contribution is 2.34. The van der Waals surface area contributed by atoms with Gasteiger partial charge in [0.05, 0.1) is 11.2 Å². The zero-order valence-electron chi connectivity index (χ0n) is 8.77. The van der Waals surface area contributed by atoms with Gasteiger partial charge in [0.15, 0.2) is 0 Å². The van der Waals surface area contributed by atoms with Gasteiger partial charge in [0, 0.05) is 19.6 Å². The number of nitrogens with one attached hydrogen (secondary N) is 1. The molecule has 1 heterocycles. The van der Waals surface area contributed by atoms with E-state index in [-0.39, 0.29) is 17.1 Å². The lowest BCUT2D eigenvalue weighted by Crippen LogP contribution is -2.56. The van der Waals surface area contributed by atoms with Crippen molar-refractivity contribution in [1.82, 2.24) is 9.62 Å². The van der Waals surface area contributed by atoms with Gasteiger partial charge in [-0.15, -0.1) is 0 Å². The summed E-state index contributed by atoms with van der Waals surface area (Å²) in [6.45, 7) is 3.19. The Hall–Kier alpha value is -0.620. The molecule has 0 aromatic carbocycles. The molecule has 0 aromatic rings. The Balaban J connectivity index is 1.85. The van der Waals surface area contributed by atoms with Crippen molar-refractivity contribution < 1.29 is 13.2 Å². The lowest BCUT2D eigenvalue weighted by Gasteiger charge is -2.37. The van der Waals surface area contributed by atoms with Crippen LogP contribution in [0.1, 0.15) is 19.8 Å². The van der Waals surface area contributed by atoms with Gasteiger partial charge in [-0.05, 0) is 19.8 Å². The molecule has 6 heteroatoms. The van der Waals surface area contributed by atoms with Crippen LogP contribution < -0.4 is 5.32 Å². The molecule has 1 aliphatic heterocycles. The number of carbonyl (C=O) groups excluding carboxylic acids is 1. The average Bonchev–Trinajstić information content (AvgIpc) is 2.81. The van der Waals surface area contributed by atoms with E-state index in [9.17, 15) is 13.2 Å². The van der Waals surface area contributed by atoms with E-state index >= 15 is 0 Å². The van der Waals surface area contributed by atoms with Crippen molar-refractivity contribution in [2.45, 2.75) is 25.0 Å². The van der Waals surface area contributed by atoms with E-state index < -0.39 is 10.0 Å². The largest absolute Gasteiger partial charge is 0.356 e. The summed E-state index contributed by atoms with van der Waals surface area (Å²) >= 11 is 0. The van der Waals surface area contributed by atoms with Gasteiger partial charge in [-0.1, -0.05) is 0 Å². The van der Waals surface area contributed by atoms with E-state index in [0.29, 0.717) is 19.6 Å². The number of hydrogen-bond acceptors (Lipinski definition) is 3. The maximum Gasteiger partial charge on any atom is 0.225 e. The maximum atomic E-state index is 11.7. The normalized spacial score (nSPS) is 23.5. The maximum absolute atomic E-state index is 11.7. The third-order valence-electron chi connectivity index (χ3n) is 2.88. The molecule has 1 aliphatic carbocycles. The number of hydrogen-bond donors (Lipinski definition) is 1. The molecule has 0 unspecified atom stereocenters. The van der Waals surface area contributed by atoms with Crippen LogP contribution in [-0.2, 0) is 14.8 Å². The Bertz CT molecular complexity index is 356. The summed E-state index contributed by atoms with van der Waals surface area (Å²) in [4.78, 5) is 11.4. The molecule has 86 valence electrons. The summed E-state index contributed by atoms with van der Waals surface area (Å²) in [5.41, 5.74) is 0. The number of sulfonamides is 1. The minimum absolute atomic E-state index is 0.0280. The van der Waals surface area contributed by atoms with E-state index in [2.05, 4.69) is 5.32 Å². The molecule has 2 fully saturated rings. The van der Waals surface area contributed by atoms with Gasteiger partial charge in [0.2, 0.25) is 15.9 Å². The van der Waals surface area contributed by atoms with Gasteiger partial charge in [0.1, 0.15) is 0 Å². The first-order valence-corrected chi connectivity index (χ1v) is 6.82. The molecule has 1 saturated carbocycles. The molecule has 15 heavy (non-hydrogen) atoms. The molecule has 0 radical (unpaired) electrons. The van der Waals surface area contributed by atoms with Gasteiger partial charge in [-0.25, -0.2) is 8.42 Å². The highest BCUT2D eigenvalue weighted by molar-refractivity contribution is 7.90. The molecule has 2 aliphatic rings. The van der Waals surface area contributed by atoms with Gasteiger partial charge < -0.3 is 5.32 Å². The van der Waals surface area contributed by atoms with Gasteiger partial charge in [-0.2, -0.15) is 4.31 Å². The molecule has 0 bridgehead atoms. The fraction of sp³-hybridized carbons (Fsp3) is 0.889. The summed E-state index contributed by atoms with van der Waals surface area (Å²) in [6.07, 6.45) is 1.56. The lowest BCUT2D eigenvalue weighted by molar-refractivity contribution is -0.128. The molecule has 0 aromatic heterocycles. The Labute approximate surface area is 89.9 Å². The Morgan fingerprint density at radius 1 is 1.40 bits per heavy atom. The second kappa shape index (κ2) is 3.75. The molecular weight excluding hydrogens is 216 g/mol. The first-order valence-electron chi connectivity index (χ1n) is 5.32. The van der Waals surface area contributed by atoms with Crippen LogP contribution in [-0.4, -0.2) is 43.5 Å². The summed E-state index contributed by atoms with van der Waals surface area (Å²) in [7, 11) is -3.06. The molecule has 0 atom stereocenters. The van der Waals surface area contributed by atoms with Crippen LogP contribution in [0, 0.1) is 5.92 Å². The van der Waals surface area contributed by atoms with Crippen molar-refractivity contribution in [3.8, 4) is 0 Å². The van der Waals surface area contributed by atoms with Crippen LogP contribution in [0.3, 0.4) is 0 Å². The molecule has 2 rings (SSSR count). The molecule has 5 nitrogen and oxygen atoms in total. The first kappa shape index (κ1) is 10.9. The van der Waals surface area contributed by atoms with Crippen molar-refractivity contribution in [2.75, 3.05) is 19.6 Å². The minimum atomic E-state index is -3.06. The number of nitrogens with zero attached hydrogens (tertiary/aromatic N) is 1. The third kappa shape index (κ3) is 2.01. The van der Waals surface area contributed by atoms with Gasteiger partial charge in [-0.3, -0.25) is 4.79 Å². The molecule has 1 saturated heterocycles. The Morgan fingerprint density at radius 3 is 2.47 bits per heavy atom. The Morgan fingerprint density at radius 2 is 2.00 bits per heavy atom. The second-order valence-corrected chi connectivity index (χ2v) is 6.37. The van der Waals surface area contributed by atoms with Crippen molar-refractivity contribution in [2.24, 2.45) is 5.92 Å². The van der Waals surface area contributed by atoms with Crippen LogP contribution in [0.4, 0.5) is 0 Å². The summed E-state index contributed by atoms with van der Waals surface area (Å²) in [6, 6.07) is 0. The molecule has 0 spiro atoms. The predicted molar refractivity (Wildman–Crippen MR) is 55.7 cm³/mol. The topological polar surface area (TPSA) is 66.5 Å². The van der Waals surface area contributed by atoms with Crippen LogP contribution >= 0.6 is 0 Å². The number of amides is 1. The van der Waals surface area contributed by atoms with Crippen molar-refractivity contribution >= 4 is 15.9 Å². The SMILES string of the molecule is CCNC(=O)C1CN(S(=O)(=O)C2CC2)C1. The highest BCUT2D eigenvalue weighted by atomic mass is 32.2. The molecule has 1 N–H and O–H groups in total. The summed E-state index contributed by atoms with van der Waals surface area (Å²) < 4.78 is 24.8. The van der Waals surface area contributed by atoms with Crippen LogP contribution in [0.5, 0.6) is 0 Å². The number of carbonyl (C=O) groups is 1. The van der Waals surface area contributed by atoms with Gasteiger partial charge in [0.25, 0.3) is 0 Å². The highest BCUT2D eigenvalue weighted by Gasteiger charge is 2.46. The van der Waals surface area contributed by atoms with E-state index in [0.717, 1.165) is 12.8 Å². The standard InChI is InChI=1S/C9H16N2O3S/c1-2-10-9(12)7-5-11(6-7)15(13,14)8-3-4-8/h7-8H,2-6H2,1H3,(H,10,12). The van der Waals surface area contributed by atoms with Crippen molar-refractivity contribution in [3.05, 3.63) is 0 Å². The fourth-order valence-corrected chi connectivity index (χ4v) is 3.64. The minimum Gasteiger partial charge on any atom is -0.356 e. The molecule has 1 amide bonds. The monoisotopic (exact) mass is 232 g/mol. The first-order chi connectivity index (χ1) is 7.05. The van der Waals surface area contributed by atoms with Gasteiger partial charge >= 0.3 is 0 Å². The fourth-order valence-electron chi connectivity index (χ4n) is 1.71. The molecular formula is C9H16N2O3S. The second-order valence-electron chi connectivity index (χ2n) is 4.15.